The van der Waals surface area contributed by atoms with Crippen LogP contribution in [0.25, 0.3) is 0 Å². The van der Waals surface area contributed by atoms with E-state index in [4.69, 9.17) is 0 Å². The highest BCUT2D eigenvalue weighted by atomic mass is 15.4. The van der Waals surface area contributed by atoms with Gasteiger partial charge in [-0.25, -0.2) is 0 Å². The number of nitrogens with zero attached hydrogens (tertiary/aromatic N) is 3. The Morgan fingerprint density at radius 3 is 3.17 bits per heavy atom. The minimum absolute atomic E-state index is 0.615. The molecule has 12 heavy (non-hydrogen) atoms. The van der Waals surface area contributed by atoms with Gasteiger partial charge in [0.15, 0.2) is 5.82 Å². The molecule has 0 amide bonds. The molecule has 1 atom stereocenters. The number of hydrogen-bond acceptors (Lipinski definition) is 3. The van der Waals surface area contributed by atoms with E-state index in [9.17, 15) is 0 Å². The smallest absolute Gasteiger partial charge is 0.171 e. The van der Waals surface area contributed by atoms with Crippen molar-refractivity contribution in [3.63, 3.8) is 0 Å². The van der Waals surface area contributed by atoms with E-state index in [1.54, 1.807) is 6.20 Å². The number of H-pyrrole nitrogens is 1. The van der Waals surface area contributed by atoms with E-state index in [0.29, 0.717) is 6.04 Å². The molecule has 0 bridgehead atoms. The fraction of sp³-hybridized carbons (Fsp3) is 0.750. The van der Waals surface area contributed by atoms with Crippen LogP contribution < -0.4 is 4.90 Å². The summed E-state index contributed by atoms with van der Waals surface area (Å²) in [6, 6.07) is 0.615. The van der Waals surface area contributed by atoms with Crippen LogP contribution >= 0.6 is 0 Å². The second-order valence-electron chi connectivity index (χ2n) is 3.37. The van der Waals surface area contributed by atoms with Gasteiger partial charge in [-0.05, 0) is 26.2 Å². The van der Waals surface area contributed by atoms with Crippen molar-refractivity contribution in [2.45, 2.75) is 32.2 Å². The third kappa shape index (κ3) is 1.29. The molecule has 0 radical (unpaired) electrons. The van der Waals surface area contributed by atoms with Crippen LogP contribution in [-0.2, 0) is 0 Å². The van der Waals surface area contributed by atoms with Crippen molar-refractivity contribution in [3.05, 3.63) is 6.20 Å². The first kappa shape index (κ1) is 7.58. The summed E-state index contributed by atoms with van der Waals surface area (Å²) in [6.07, 6.45) is 5.68. The van der Waals surface area contributed by atoms with E-state index in [1.807, 2.05) is 0 Å². The second-order valence-corrected chi connectivity index (χ2v) is 3.37. The van der Waals surface area contributed by atoms with Gasteiger partial charge in [0.1, 0.15) is 0 Å². The molecule has 2 rings (SSSR count). The number of anilines is 1. The average molecular weight is 166 g/mol. The molecular formula is C8H14N4. The van der Waals surface area contributed by atoms with Crippen LogP contribution in [0.15, 0.2) is 6.20 Å². The lowest BCUT2D eigenvalue weighted by molar-refractivity contribution is 0.481. The molecule has 66 valence electrons. The van der Waals surface area contributed by atoms with Gasteiger partial charge in [0.2, 0.25) is 0 Å². The fourth-order valence-electron chi connectivity index (χ4n) is 1.77. The van der Waals surface area contributed by atoms with Gasteiger partial charge in [0, 0.05) is 12.6 Å². The molecule has 0 spiro atoms. The van der Waals surface area contributed by atoms with E-state index in [-0.39, 0.29) is 0 Å². The van der Waals surface area contributed by atoms with Gasteiger partial charge < -0.3 is 4.90 Å². The molecule has 1 aromatic rings. The summed E-state index contributed by atoms with van der Waals surface area (Å²) >= 11 is 0. The van der Waals surface area contributed by atoms with E-state index >= 15 is 0 Å². The Labute approximate surface area is 72.0 Å². The van der Waals surface area contributed by atoms with Crippen LogP contribution in [-0.4, -0.2) is 28.0 Å². The Bertz CT molecular complexity index is 231. The number of aromatic nitrogens is 3. The number of rotatable bonds is 1. The van der Waals surface area contributed by atoms with Crippen LogP contribution in [0.2, 0.25) is 0 Å². The molecule has 2 heterocycles. The van der Waals surface area contributed by atoms with Crippen molar-refractivity contribution in [1.29, 1.82) is 0 Å². The standard InChI is InChI=1S/C8H14N4/c1-7-4-2-3-5-12(7)8-6-9-11-10-8/h6-7H,2-5H2,1H3,(H,9,10,11). The molecule has 0 saturated carbocycles. The Morgan fingerprint density at radius 2 is 2.50 bits per heavy atom. The van der Waals surface area contributed by atoms with Gasteiger partial charge in [-0.1, -0.05) is 0 Å². The van der Waals surface area contributed by atoms with Crippen molar-refractivity contribution in [3.8, 4) is 0 Å². The third-order valence-corrected chi connectivity index (χ3v) is 2.50. The third-order valence-electron chi connectivity index (χ3n) is 2.50. The highest BCUT2D eigenvalue weighted by Crippen LogP contribution is 2.21. The predicted octanol–water partition coefficient (Wildman–Crippen LogP) is 1.18. The van der Waals surface area contributed by atoms with Crippen molar-refractivity contribution < 1.29 is 0 Å². The monoisotopic (exact) mass is 166 g/mol. The molecule has 4 nitrogen and oxygen atoms in total. The maximum Gasteiger partial charge on any atom is 0.171 e. The van der Waals surface area contributed by atoms with Gasteiger partial charge in [-0.15, -0.1) is 5.10 Å². The topological polar surface area (TPSA) is 44.8 Å². The van der Waals surface area contributed by atoms with Gasteiger partial charge in [0.05, 0.1) is 6.20 Å². The van der Waals surface area contributed by atoms with E-state index in [0.717, 1.165) is 12.4 Å². The van der Waals surface area contributed by atoms with E-state index in [2.05, 4.69) is 27.2 Å². The minimum atomic E-state index is 0.615. The van der Waals surface area contributed by atoms with Crippen molar-refractivity contribution in [1.82, 2.24) is 15.4 Å². The van der Waals surface area contributed by atoms with Crippen LogP contribution in [0.4, 0.5) is 5.82 Å². The number of piperidine rings is 1. The summed E-state index contributed by atoms with van der Waals surface area (Å²) in [7, 11) is 0. The molecule has 1 N–H and O–H groups in total. The average Bonchev–Trinajstić information content (AvgIpc) is 2.57. The Kier molecular flexibility index (Phi) is 1.98. The maximum atomic E-state index is 4.08. The lowest BCUT2D eigenvalue weighted by Crippen LogP contribution is -2.37. The summed E-state index contributed by atoms with van der Waals surface area (Å²) in [5, 5.41) is 10.5. The second kappa shape index (κ2) is 3.13. The van der Waals surface area contributed by atoms with Crippen LogP contribution in [0, 0.1) is 0 Å². The van der Waals surface area contributed by atoms with Crippen molar-refractivity contribution in [2.24, 2.45) is 0 Å². The molecule has 1 unspecified atom stereocenters. The van der Waals surface area contributed by atoms with Gasteiger partial charge in [-0.3, -0.25) is 0 Å². The molecule has 1 aliphatic rings. The maximum absolute atomic E-state index is 4.08. The Morgan fingerprint density at radius 1 is 1.58 bits per heavy atom. The highest BCUT2D eigenvalue weighted by Gasteiger charge is 2.19. The van der Waals surface area contributed by atoms with Gasteiger partial charge >= 0.3 is 0 Å². The molecular weight excluding hydrogens is 152 g/mol. The molecule has 1 fully saturated rings. The van der Waals surface area contributed by atoms with Crippen LogP contribution in [0.3, 0.4) is 0 Å². The summed E-state index contributed by atoms with van der Waals surface area (Å²) in [5.41, 5.74) is 0. The Balaban J connectivity index is 2.11. The molecule has 1 aliphatic heterocycles. The molecule has 0 aromatic carbocycles. The summed E-state index contributed by atoms with van der Waals surface area (Å²) in [6.45, 7) is 3.36. The van der Waals surface area contributed by atoms with Crippen LogP contribution in [0.1, 0.15) is 26.2 Å². The number of hydrogen-bond donors (Lipinski definition) is 1. The van der Waals surface area contributed by atoms with E-state index < -0.39 is 0 Å². The van der Waals surface area contributed by atoms with Crippen molar-refractivity contribution >= 4 is 5.82 Å². The number of nitrogens with one attached hydrogen (secondary N) is 1. The lowest BCUT2D eigenvalue weighted by atomic mass is 10.0. The van der Waals surface area contributed by atoms with E-state index in [1.165, 1.54) is 19.3 Å². The predicted molar refractivity (Wildman–Crippen MR) is 47.0 cm³/mol. The summed E-state index contributed by atoms with van der Waals surface area (Å²) in [5.74, 6) is 0.988. The number of aromatic amines is 1. The SMILES string of the molecule is CC1CCCCN1c1cn[nH]n1. The zero-order valence-corrected chi connectivity index (χ0v) is 7.32. The summed E-state index contributed by atoms with van der Waals surface area (Å²) in [4.78, 5) is 2.31. The largest absolute Gasteiger partial charge is 0.351 e. The zero-order chi connectivity index (χ0) is 8.39. The first-order valence-corrected chi connectivity index (χ1v) is 4.50. The van der Waals surface area contributed by atoms with Crippen LogP contribution in [0.5, 0.6) is 0 Å². The van der Waals surface area contributed by atoms with Gasteiger partial charge in [-0.2, -0.15) is 10.3 Å². The molecule has 1 aromatic heterocycles. The fourth-order valence-corrected chi connectivity index (χ4v) is 1.77. The molecule has 0 aliphatic carbocycles. The van der Waals surface area contributed by atoms with Crippen molar-refractivity contribution in [2.75, 3.05) is 11.4 Å². The molecule has 1 saturated heterocycles. The first-order valence-electron chi connectivity index (χ1n) is 4.50. The lowest BCUT2D eigenvalue weighted by Gasteiger charge is -2.32. The Hall–Kier alpha value is -1.06. The first-order chi connectivity index (χ1) is 5.88. The quantitative estimate of drug-likeness (QED) is 0.681. The van der Waals surface area contributed by atoms with Gasteiger partial charge in [0.25, 0.3) is 0 Å². The zero-order valence-electron chi connectivity index (χ0n) is 7.32. The highest BCUT2D eigenvalue weighted by molar-refractivity contribution is 5.35. The summed E-state index contributed by atoms with van der Waals surface area (Å²) < 4.78 is 0. The normalized spacial score (nSPS) is 24.4. The molecule has 4 heteroatoms. The minimum Gasteiger partial charge on any atom is -0.351 e.